The molecule has 1 N–H and O–H groups in total. The summed E-state index contributed by atoms with van der Waals surface area (Å²) in [4.78, 5) is 6.61. The van der Waals surface area contributed by atoms with Crippen LogP contribution < -0.4 is 10.2 Å². The number of hydrogen-bond donors (Lipinski definition) is 1. The van der Waals surface area contributed by atoms with E-state index in [9.17, 15) is 0 Å². The van der Waals surface area contributed by atoms with Gasteiger partial charge < -0.3 is 10.2 Å². The molecule has 2 aromatic rings. The Hall–Kier alpha value is -2.17. The van der Waals surface area contributed by atoms with Gasteiger partial charge in [0.05, 0.1) is 6.20 Å². The van der Waals surface area contributed by atoms with Gasteiger partial charge in [0, 0.05) is 18.8 Å². The van der Waals surface area contributed by atoms with Crippen molar-refractivity contribution in [2.75, 3.05) is 23.3 Å². The van der Waals surface area contributed by atoms with E-state index in [1.54, 1.807) is 6.20 Å². The maximum atomic E-state index is 4.56. The normalized spacial score (nSPS) is 10.4. The molecule has 0 atom stereocenters. The summed E-state index contributed by atoms with van der Waals surface area (Å²) in [5.74, 6) is 1.41. The highest BCUT2D eigenvalue weighted by Gasteiger charge is 2.11. The van der Waals surface area contributed by atoms with E-state index in [4.69, 9.17) is 0 Å². The Kier molecular flexibility index (Phi) is 5.94. The van der Waals surface area contributed by atoms with Gasteiger partial charge in [-0.1, -0.05) is 38.0 Å². The molecule has 0 saturated heterocycles. The van der Waals surface area contributed by atoms with Crippen LogP contribution in [0.1, 0.15) is 33.1 Å². The highest BCUT2D eigenvalue weighted by Crippen LogP contribution is 2.21. The van der Waals surface area contributed by atoms with E-state index in [2.05, 4.69) is 34.3 Å². The van der Waals surface area contributed by atoms with Crippen molar-refractivity contribution >= 4 is 17.5 Å². The second-order valence-electron chi connectivity index (χ2n) is 4.86. The van der Waals surface area contributed by atoms with E-state index >= 15 is 0 Å². The molecule has 0 aliphatic carbocycles. The highest BCUT2D eigenvalue weighted by atomic mass is 15.3. The van der Waals surface area contributed by atoms with Crippen molar-refractivity contribution in [3.63, 3.8) is 0 Å². The standard InChI is InChI=1S/C16H23N5/c1-3-5-9-12-17-15-13-18-20-16(19-15)21(4-2)14-10-7-6-8-11-14/h6-8,10-11,13H,3-5,9,12H2,1-2H3,(H,17,19,20). The summed E-state index contributed by atoms with van der Waals surface area (Å²) in [6.07, 6.45) is 5.26. The van der Waals surface area contributed by atoms with Crippen molar-refractivity contribution in [3.8, 4) is 0 Å². The molecular formula is C16H23N5. The lowest BCUT2D eigenvalue weighted by Crippen LogP contribution is -2.20. The molecule has 2 rings (SSSR count). The second kappa shape index (κ2) is 8.19. The minimum atomic E-state index is 0.629. The molecule has 0 saturated carbocycles. The van der Waals surface area contributed by atoms with Crippen LogP contribution in [0.2, 0.25) is 0 Å². The van der Waals surface area contributed by atoms with Crippen LogP contribution in [-0.2, 0) is 0 Å². The maximum Gasteiger partial charge on any atom is 0.251 e. The zero-order valence-corrected chi connectivity index (χ0v) is 12.8. The Morgan fingerprint density at radius 2 is 1.90 bits per heavy atom. The van der Waals surface area contributed by atoms with Crippen molar-refractivity contribution in [1.82, 2.24) is 15.2 Å². The molecule has 0 aliphatic heterocycles. The number of nitrogens with zero attached hydrogens (tertiary/aromatic N) is 4. The van der Waals surface area contributed by atoms with Gasteiger partial charge in [0.25, 0.3) is 5.95 Å². The minimum absolute atomic E-state index is 0.629. The van der Waals surface area contributed by atoms with E-state index in [-0.39, 0.29) is 0 Å². The summed E-state index contributed by atoms with van der Waals surface area (Å²) in [7, 11) is 0. The van der Waals surface area contributed by atoms with Crippen LogP contribution in [0.4, 0.5) is 17.5 Å². The molecule has 1 aromatic carbocycles. The lowest BCUT2D eigenvalue weighted by molar-refractivity contribution is 0.741. The fraction of sp³-hybridized carbons (Fsp3) is 0.438. The molecule has 0 fully saturated rings. The first kappa shape index (κ1) is 15.2. The average Bonchev–Trinajstić information content (AvgIpc) is 2.54. The molecule has 1 heterocycles. The Morgan fingerprint density at radius 1 is 1.10 bits per heavy atom. The van der Waals surface area contributed by atoms with Crippen LogP contribution in [0.3, 0.4) is 0 Å². The maximum absolute atomic E-state index is 4.56. The fourth-order valence-electron chi connectivity index (χ4n) is 2.13. The number of rotatable bonds is 8. The minimum Gasteiger partial charge on any atom is -0.369 e. The third kappa shape index (κ3) is 4.41. The van der Waals surface area contributed by atoms with Crippen LogP contribution in [0, 0.1) is 0 Å². The third-order valence-electron chi connectivity index (χ3n) is 3.26. The lowest BCUT2D eigenvalue weighted by atomic mass is 10.2. The number of para-hydroxylation sites is 1. The number of unbranched alkanes of at least 4 members (excludes halogenated alkanes) is 2. The monoisotopic (exact) mass is 285 g/mol. The highest BCUT2D eigenvalue weighted by molar-refractivity contribution is 5.57. The number of hydrogen-bond acceptors (Lipinski definition) is 5. The van der Waals surface area contributed by atoms with E-state index < -0.39 is 0 Å². The number of nitrogens with one attached hydrogen (secondary N) is 1. The molecule has 0 radical (unpaired) electrons. The van der Waals surface area contributed by atoms with E-state index in [1.807, 2.05) is 35.2 Å². The number of benzene rings is 1. The molecule has 1 aromatic heterocycles. The van der Waals surface area contributed by atoms with E-state index in [0.717, 1.165) is 31.0 Å². The van der Waals surface area contributed by atoms with Crippen LogP contribution in [0.25, 0.3) is 0 Å². The topological polar surface area (TPSA) is 53.9 Å². The molecule has 0 amide bonds. The van der Waals surface area contributed by atoms with Gasteiger partial charge in [0.15, 0.2) is 5.82 Å². The molecule has 5 heteroatoms. The first-order valence-electron chi connectivity index (χ1n) is 7.61. The third-order valence-corrected chi connectivity index (χ3v) is 3.26. The molecule has 0 unspecified atom stereocenters. The zero-order chi connectivity index (χ0) is 14.9. The molecular weight excluding hydrogens is 262 g/mol. The Labute approximate surface area is 126 Å². The molecule has 0 aliphatic rings. The van der Waals surface area contributed by atoms with Crippen molar-refractivity contribution in [1.29, 1.82) is 0 Å². The number of anilines is 3. The first-order valence-corrected chi connectivity index (χ1v) is 7.61. The number of aromatic nitrogens is 3. The summed E-state index contributed by atoms with van der Waals surface area (Å²) in [6.45, 7) is 6.00. The lowest BCUT2D eigenvalue weighted by Gasteiger charge is -2.20. The van der Waals surface area contributed by atoms with E-state index in [1.165, 1.54) is 12.8 Å². The van der Waals surface area contributed by atoms with Crippen LogP contribution >= 0.6 is 0 Å². The summed E-state index contributed by atoms with van der Waals surface area (Å²) < 4.78 is 0. The van der Waals surface area contributed by atoms with Gasteiger partial charge >= 0.3 is 0 Å². The second-order valence-corrected chi connectivity index (χ2v) is 4.86. The molecule has 0 spiro atoms. The zero-order valence-electron chi connectivity index (χ0n) is 12.8. The Bertz CT molecular complexity index is 529. The van der Waals surface area contributed by atoms with Crippen LogP contribution in [0.5, 0.6) is 0 Å². The van der Waals surface area contributed by atoms with Crippen LogP contribution in [-0.4, -0.2) is 28.3 Å². The fourth-order valence-corrected chi connectivity index (χ4v) is 2.13. The van der Waals surface area contributed by atoms with Gasteiger partial charge in [-0.25, -0.2) is 0 Å². The Balaban J connectivity index is 2.08. The average molecular weight is 285 g/mol. The summed E-state index contributed by atoms with van der Waals surface area (Å²) in [5.41, 5.74) is 1.07. The smallest absolute Gasteiger partial charge is 0.251 e. The Morgan fingerprint density at radius 3 is 2.62 bits per heavy atom. The quantitative estimate of drug-likeness (QED) is 0.751. The van der Waals surface area contributed by atoms with Gasteiger partial charge in [-0.2, -0.15) is 10.1 Å². The van der Waals surface area contributed by atoms with Crippen molar-refractivity contribution < 1.29 is 0 Å². The van der Waals surface area contributed by atoms with Gasteiger partial charge in [-0.05, 0) is 25.5 Å². The van der Waals surface area contributed by atoms with Gasteiger partial charge in [0.2, 0.25) is 0 Å². The van der Waals surface area contributed by atoms with Gasteiger partial charge in [-0.15, -0.1) is 5.10 Å². The molecule has 0 bridgehead atoms. The van der Waals surface area contributed by atoms with Crippen molar-refractivity contribution in [2.45, 2.75) is 33.1 Å². The van der Waals surface area contributed by atoms with Gasteiger partial charge in [0.1, 0.15) is 0 Å². The van der Waals surface area contributed by atoms with E-state index in [0.29, 0.717) is 5.95 Å². The summed E-state index contributed by atoms with van der Waals surface area (Å²) in [5, 5.41) is 11.5. The first-order chi connectivity index (χ1) is 10.3. The largest absolute Gasteiger partial charge is 0.369 e. The van der Waals surface area contributed by atoms with Crippen molar-refractivity contribution in [2.24, 2.45) is 0 Å². The molecule has 112 valence electrons. The summed E-state index contributed by atoms with van der Waals surface area (Å²) >= 11 is 0. The summed E-state index contributed by atoms with van der Waals surface area (Å²) in [6, 6.07) is 10.1. The predicted octanol–water partition coefficient (Wildman–Crippen LogP) is 3.63. The van der Waals surface area contributed by atoms with Crippen LogP contribution in [0.15, 0.2) is 36.5 Å². The van der Waals surface area contributed by atoms with Crippen molar-refractivity contribution in [3.05, 3.63) is 36.5 Å². The van der Waals surface area contributed by atoms with Gasteiger partial charge in [-0.3, -0.25) is 0 Å². The molecule has 5 nitrogen and oxygen atoms in total. The SMILES string of the molecule is CCCCCNc1cnnc(N(CC)c2ccccc2)n1. The molecule has 21 heavy (non-hydrogen) atoms. The predicted molar refractivity (Wildman–Crippen MR) is 87.0 cm³/mol.